The number of phosphoric acid groups is 1. The molecule has 0 aliphatic rings. The van der Waals surface area contributed by atoms with Gasteiger partial charge in [0.25, 0.3) is 0 Å². The molecule has 0 unspecified atom stereocenters. The summed E-state index contributed by atoms with van der Waals surface area (Å²) in [4.78, 5) is 54.1. The van der Waals surface area contributed by atoms with Crippen LogP contribution in [0.2, 0.25) is 0 Å². The molecule has 1 atom stereocenters. The molecule has 0 amide bonds. The van der Waals surface area contributed by atoms with Gasteiger partial charge < -0.3 is 19.3 Å². The van der Waals surface area contributed by atoms with Gasteiger partial charge in [0, 0.05) is 19.3 Å². The predicted octanol–water partition coefficient (Wildman–Crippen LogP) is 8.85. The fourth-order valence-corrected chi connectivity index (χ4v) is 4.95. The van der Waals surface area contributed by atoms with Crippen LogP contribution in [0.25, 0.3) is 0 Å². The zero-order valence-corrected chi connectivity index (χ0v) is 28.5. The second kappa shape index (κ2) is 29.9. The maximum atomic E-state index is 12.3. The summed E-state index contributed by atoms with van der Waals surface area (Å²) in [6.45, 7) is 3.46. The summed E-state index contributed by atoms with van der Waals surface area (Å²) in [7, 11) is -4.76. The largest absolute Gasteiger partial charge is 0.469 e. The number of phosphoric ester groups is 1. The maximum Gasteiger partial charge on any atom is 0.469 e. The summed E-state index contributed by atoms with van der Waals surface area (Å²) >= 11 is 0. The van der Waals surface area contributed by atoms with Crippen LogP contribution in [0.15, 0.2) is 24.3 Å². The van der Waals surface area contributed by atoms with Crippen molar-refractivity contribution in [2.24, 2.45) is 0 Å². The number of ketones is 1. The Morgan fingerprint density at radius 1 is 0.636 bits per heavy atom. The van der Waals surface area contributed by atoms with Crippen LogP contribution in [-0.4, -0.2) is 46.8 Å². The highest BCUT2D eigenvalue weighted by atomic mass is 31.2. The molecule has 0 heterocycles. The van der Waals surface area contributed by atoms with Crippen molar-refractivity contribution in [1.82, 2.24) is 0 Å². The molecule has 0 aromatic heterocycles. The van der Waals surface area contributed by atoms with Crippen LogP contribution in [-0.2, 0) is 32.9 Å². The van der Waals surface area contributed by atoms with E-state index in [1.165, 1.54) is 38.5 Å². The van der Waals surface area contributed by atoms with Crippen LogP contribution < -0.4 is 0 Å². The number of ether oxygens (including phenoxy) is 2. The summed E-state index contributed by atoms with van der Waals surface area (Å²) in [6, 6.07) is 0. The van der Waals surface area contributed by atoms with Crippen molar-refractivity contribution < 1.29 is 42.7 Å². The number of esters is 2. The molecule has 0 fully saturated rings. The van der Waals surface area contributed by atoms with E-state index < -0.39 is 32.5 Å². The SMILES string of the molecule is CCCCCCCCCCCCC(=O)OC[C@H](COP(=O)(O)O)OC(=O)CCCCCCC/C=C\C=C\C(=O)CCCCC. The lowest BCUT2D eigenvalue weighted by Gasteiger charge is -2.18. The third-order valence-corrected chi connectivity index (χ3v) is 7.68. The summed E-state index contributed by atoms with van der Waals surface area (Å²) in [5.74, 6) is -0.777. The molecular weight excluding hydrogens is 583 g/mol. The lowest BCUT2D eigenvalue weighted by molar-refractivity contribution is -0.161. The first-order valence-corrected chi connectivity index (χ1v) is 18.6. The molecule has 0 spiro atoms. The van der Waals surface area contributed by atoms with Crippen molar-refractivity contribution in [3.63, 3.8) is 0 Å². The number of hydrogen-bond acceptors (Lipinski definition) is 7. The number of unbranched alkanes of at least 4 members (excludes halogenated alkanes) is 16. The van der Waals surface area contributed by atoms with Crippen LogP contribution in [0, 0.1) is 0 Å². The minimum absolute atomic E-state index is 0.163. The number of carbonyl (C=O) groups excluding carboxylic acids is 3. The van der Waals surface area contributed by atoms with Crippen LogP contribution >= 0.6 is 7.82 Å². The third-order valence-electron chi connectivity index (χ3n) is 7.20. The van der Waals surface area contributed by atoms with Crippen LogP contribution in [0.3, 0.4) is 0 Å². The Kier molecular flexibility index (Phi) is 28.7. The Labute approximate surface area is 266 Å². The highest BCUT2D eigenvalue weighted by Crippen LogP contribution is 2.35. The van der Waals surface area contributed by atoms with Gasteiger partial charge in [-0.15, -0.1) is 0 Å². The summed E-state index contributed by atoms with van der Waals surface area (Å²) in [6.07, 6.45) is 27.4. The zero-order chi connectivity index (χ0) is 32.7. The van der Waals surface area contributed by atoms with Gasteiger partial charge in [-0.2, -0.15) is 0 Å². The minimum Gasteiger partial charge on any atom is -0.462 e. The van der Waals surface area contributed by atoms with E-state index in [1.807, 2.05) is 6.08 Å². The molecule has 10 heteroatoms. The Balaban J connectivity index is 4.09. The Hall–Kier alpha value is -1.80. The molecular formula is C34H61O9P. The highest BCUT2D eigenvalue weighted by Gasteiger charge is 2.22. The average molecular weight is 645 g/mol. The van der Waals surface area contributed by atoms with Gasteiger partial charge >= 0.3 is 19.8 Å². The number of carbonyl (C=O) groups is 3. The zero-order valence-electron chi connectivity index (χ0n) is 27.6. The van der Waals surface area contributed by atoms with Gasteiger partial charge in [0.1, 0.15) is 6.61 Å². The van der Waals surface area contributed by atoms with Crippen molar-refractivity contribution in [2.45, 2.75) is 161 Å². The van der Waals surface area contributed by atoms with Crippen LogP contribution in [0.5, 0.6) is 0 Å². The van der Waals surface area contributed by atoms with Crippen LogP contribution in [0.4, 0.5) is 0 Å². The third kappa shape index (κ3) is 31.6. The Morgan fingerprint density at radius 2 is 1.14 bits per heavy atom. The highest BCUT2D eigenvalue weighted by molar-refractivity contribution is 7.46. The first kappa shape index (κ1) is 42.2. The Morgan fingerprint density at radius 3 is 1.73 bits per heavy atom. The Bertz CT molecular complexity index is 835. The van der Waals surface area contributed by atoms with E-state index in [2.05, 4.69) is 24.4 Å². The first-order valence-electron chi connectivity index (χ1n) is 17.1. The van der Waals surface area contributed by atoms with Crippen molar-refractivity contribution in [3.8, 4) is 0 Å². The fourth-order valence-electron chi connectivity index (χ4n) is 4.59. The summed E-state index contributed by atoms with van der Waals surface area (Å²) < 4.78 is 26.1. The normalized spacial score (nSPS) is 12.6. The van der Waals surface area contributed by atoms with E-state index >= 15 is 0 Å². The van der Waals surface area contributed by atoms with Crippen molar-refractivity contribution >= 4 is 25.5 Å². The van der Waals surface area contributed by atoms with E-state index in [9.17, 15) is 18.9 Å². The molecule has 0 bridgehead atoms. The first-order chi connectivity index (χ1) is 21.2. The molecule has 2 N–H and O–H groups in total. The van der Waals surface area contributed by atoms with Crippen molar-refractivity contribution in [1.29, 1.82) is 0 Å². The van der Waals surface area contributed by atoms with Gasteiger partial charge in [-0.25, -0.2) is 4.57 Å². The minimum atomic E-state index is -4.76. The van der Waals surface area contributed by atoms with E-state index in [4.69, 9.17) is 19.3 Å². The second-order valence-electron chi connectivity index (χ2n) is 11.5. The molecule has 0 aliphatic carbocycles. The van der Waals surface area contributed by atoms with E-state index in [0.717, 1.165) is 70.6 Å². The molecule has 0 radical (unpaired) electrons. The molecule has 44 heavy (non-hydrogen) atoms. The second-order valence-corrected chi connectivity index (χ2v) is 12.8. The van der Waals surface area contributed by atoms with Gasteiger partial charge in [0.05, 0.1) is 6.61 Å². The standard InChI is InChI=1S/C34H61O9P/c1-3-5-7-8-9-10-13-16-19-23-27-33(36)41-29-32(30-42-44(38,39)40)43-34(37)28-24-20-17-14-11-12-15-18-22-26-31(35)25-21-6-4-2/h15,18,22,26,32H,3-14,16-17,19-21,23-25,27-30H2,1-2H3,(H2,38,39,40)/b18-15-,26-22+/t32-/m1/s1. The van der Waals surface area contributed by atoms with E-state index in [1.54, 1.807) is 12.2 Å². The van der Waals surface area contributed by atoms with Crippen molar-refractivity contribution in [2.75, 3.05) is 13.2 Å². The number of hydrogen-bond donors (Lipinski definition) is 2. The lowest BCUT2D eigenvalue weighted by Crippen LogP contribution is -2.29. The molecule has 0 rings (SSSR count). The number of allylic oxidation sites excluding steroid dienone is 4. The van der Waals surface area contributed by atoms with Gasteiger partial charge in [-0.05, 0) is 38.2 Å². The van der Waals surface area contributed by atoms with E-state index in [0.29, 0.717) is 19.3 Å². The van der Waals surface area contributed by atoms with Gasteiger partial charge in [-0.3, -0.25) is 18.9 Å². The van der Waals surface area contributed by atoms with Crippen molar-refractivity contribution in [3.05, 3.63) is 24.3 Å². The molecule has 256 valence electrons. The molecule has 0 aliphatic heterocycles. The quantitative estimate of drug-likeness (QED) is 0.0249. The molecule has 0 aromatic carbocycles. The van der Waals surface area contributed by atoms with Gasteiger partial charge in [-0.1, -0.05) is 122 Å². The van der Waals surface area contributed by atoms with Crippen LogP contribution in [0.1, 0.15) is 155 Å². The topological polar surface area (TPSA) is 136 Å². The fraction of sp³-hybridized carbons (Fsp3) is 0.794. The average Bonchev–Trinajstić information content (AvgIpc) is 2.98. The summed E-state index contributed by atoms with van der Waals surface area (Å²) in [5.41, 5.74) is 0. The summed E-state index contributed by atoms with van der Waals surface area (Å²) in [5, 5.41) is 0. The monoisotopic (exact) mass is 644 g/mol. The predicted molar refractivity (Wildman–Crippen MR) is 175 cm³/mol. The number of rotatable bonds is 31. The molecule has 0 aromatic rings. The maximum absolute atomic E-state index is 12.3. The van der Waals surface area contributed by atoms with E-state index in [-0.39, 0.29) is 25.2 Å². The molecule has 0 saturated heterocycles. The van der Waals surface area contributed by atoms with Gasteiger partial charge in [0.2, 0.25) is 0 Å². The molecule has 0 saturated carbocycles. The smallest absolute Gasteiger partial charge is 0.462 e. The van der Waals surface area contributed by atoms with Gasteiger partial charge in [0.15, 0.2) is 11.9 Å². The molecule has 9 nitrogen and oxygen atoms in total. The lowest BCUT2D eigenvalue weighted by atomic mass is 10.1.